The second-order valence-electron chi connectivity index (χ2n) is 4.08. The minimum atomic E-state index is -0.452. The number of halogens is 1. The Balaban J connectivity index is 2.44. The standard InChI is InChI=1S/C13H11BrN2O3/c1-8-6-10(14)13(15-7-8)19-11-5-3-4-9(2)12(11)16(17)18/h3-7H,1-2H3. The molecular weight excluding hydrogens is 312 g/mol. The van der Waals surface area contributed by atoms with Crippen LogP contribution in [0.1, 0.15) is 11.1 Å². The van der Waals surface area contributed by atoms with E-state index in [-0.39, 0.29) is 11.4 Å². The zero-order valence-corrected chi connectivity index (χ0v) is 12.0. The molecule has 0 saturated heterocycles. The smallest absolute Gasteiger partial charge is 0.314 e. The van der Waals surface area contributed by atoms with Crippen LogP contribution in [0.25, 0.3) is 0 Å². The Morgan fingerprint density at radius 3 is 2.74 bits per heavy atom. The largest absolute Gasteiger partial charge is 0.431 e. The number of aromatic nitrogens is 1. The summed E-state index contributed by atoms with van der Waals surface area (Å²) in [6.07, 6.45) is 1.64. The molecule has 0 aliphatic heterocycles. The molecule has 0 aliphatic carbocycles. The summed E-state index contributed by atoms with van der Waals surface area (Å²) >= 11 is 3.33. The highest BCUT2D eigenvalue weighted by Gasteiger charge is 2.19. The van der Waals surface area contributed by atoms with Crippen LogP contribution in [0, 0.1) is 24.0 Å². The Kier molecular flexibility index (Phi) is 3.80. The molecule has 0 atom stereocenters. The van der Waals surface area contributed by atoms with Crippen LogP contribution in [-0.2, 0) is 0 Å². The first-order valence-electron chi connectivity index (χ1n) is 5.53. The number of hydrogen-bond acceptors (Lipinski definition) is 4. The van der Waals surface area contributed by atoms with Crippen molar-refractivity contribution in [3.05, 3.63) is 56.2 Å². The highest BCUT2D eigenvalue weighted by Crippen LogP contribution is 2.35. The molecule has 0 radical (unpaired) electrons. The molecule has 0 unspecified atom stereocenters. The molecule has 0 bridgehead atoms. The van der Waals surface area contributed by atoms with Crippen molar-refractivity contribution in [1.82, 2.24) is 4.98 Å². The maximum atomic E-state index is 11.1. The monoisotopic (exact) mass is 322 g/mol. The number of ether oxygens (including phenoxy) is 1. The lowest BCUT2D eigenvalue weighted by Crippen LogP contribution is -1.97. The zero-order chi connectivity index (χ0) is 14.0. The number of nitro benzene ring substituents is 1. The van der Waals surface area contributed by atoms with E-state index >= 15 is 0 Å². The Hall–Kier alpha value is -1.95. The van der Waals surface area contributed by atoms with Crippen molar-refractivity contribution in [2.24, 2.45) is 0 Å². The number of benzene rings is 1. The van der Waals surface area contributed by atoms with Gasteiger partial charge in [-0.25, -0.2) is 4.98 Å². The van der Waals surface area contributed by atoms with E-state index in [1.807, 2.05) is 13.0 Å². The van der Waals surface area contributed by atoms with E-state index in [4.69, 9.17) is 4.74 Å². The molecule has 5 nitrogen and oxygen atoms in total. The van der Waals surface area contributed by atoms with Crippen LogP contribution >= 0.6 is 15.9 Å². The third-order valence-corrected chi connectivity index (χ3v) is 3.10. The molecule has 98 valence electrons. The van der Waals surface area contributed by atoms with E-state index in [2.05, 4.69) is 20.9 Å². The van der Waals surface area contributed by atoms with E-state index < -0.39 is 4.92 Å². The van der Waals surface area contributed by atoms with Crippen LogP contribution in [0.5, 0.6) is 11.6 Å². The van der Waals surface area contributed by atoms with Crippen molar-refractivity contribution in [3.63, 3.8) is 0 Å². The number of nitro groups is 1. The van der Waals surface area contributed by atoms with Gasteiger partial charge in [-0.1, -0.05) is 12.1 Å². The van der Waals surface area contributed by atoms with Crippen molar-refractivity contribution in [3.8, 4) is 11.6 Å². The minimum Gasteiger partial charge on any atom is -0.431 e. The molecule has 6 heteroatoms. The van der Waals surface area contributed by atoms with Gasteiger partial charge in [0.1, 0.15) is 0 Å². The summed E-state index contributed by atoms with van der Waals surface area (Å²) in [6.45, 7) is 3.57. The summed E-state index contributed by atoms with van der Waals surface area (Å²) < 4.78 is 6.19. The number of hydrogen-bond donors (Lipinski definition) is 0. The lowest BCUT2D eigenvalue weighted by molar-refractivity contribution is -0.386. The third-order valence-electron chi connectivity index (χ3n) is 2.53. The lowest BCUT2D eigenvalue weighted by Gasteiger charge is -2.08. The average molecular weight is 323 g/mol. The van der Waals surface area contributed by atoms with Crippen LogP contribution in [0.4, 0.5) is 5.69 Å². The second kappa shape index (κ2) is 5.36. The highest BCUT2D eigenvalue weighted by atomic mass is 79.9. The van der Waals surface area contributed by atoms with Crippen molar-refractivity contribution < 1.29 is 9.66 Å². The SMILES string of the molecule is Cc1cnc(Oc2cccc(C)c2[N+](=O)[O-])c(Br)c1. The maximum Gasteiger partial charge on any atom is 0.314 e. The number of aryl methyl sites for hydroxylation is 2. The van der Waals surface area contributed by atoms with Crippen LogP contribution in [0.2, 0.25) is 0 Å². The van der Waals surface area contributed by atoms with Gasteiger partial charge in [-0.15, -0.1) is 0 Å². The molecule has 2 aromatic rings. The number of para-hydroxylation sites is 1. The number of pyridine rings is 1. The van der Waals surface area contributed by atoms with E-state index in [1.54, 1.807) is 31.3 Å². The first-order chi connectivity index (χ1) is 8.99. The first kappa shape index (κ1) is 13.5. The summed E-state index contributed by atoms with van der Waals surface area (Å²) in [5.74, 6) is 0.487. The van der Waals surface area contributed by atoms with Gasteiger partial charge in [0, 0.05) is 11.8 Å². The Morgan fingerprint density at radius 2 is 2.11 bits per heavy atom. The van der Waals surface area contributed by atoms with Crippen LogP contribution in [0.15, 0.2) is 34.9 Å². The van der Waals surface area contributed by atoms with Crippen LogP contribution in [0.3, 0.4) is 0 Å². The van der Waals surface area contributed by atoms with E-state index in [0.29, 0.717) is 15.9 Å². The minimum absolute atomic E-state index is 0.0447. The normalized spacial score (nSPS) is 10.3. The fraction of sp³-hybridized carbons (Fsp3) is 0.154. The van der Waals surface area contributed by atoms with E-state index in [0.717, 1.165) is 5.56 Å². The Bertz CT molecular complexity index is 644. The quantitative estimate of drug-likeness (QED) is 0.628. The number of rotatable bonds is 3. The summed E-state index contributed by atoms with van der Waals surface area (Å²) in [4.78, 5) is 14.7. The number of nitrogens with zero attached hydrogens (tertiary/aromatic N) is 2. The van der Waals surface area contributed by atoms with Gasteiger partial charge >= 0.3 is 5.69 Å². The fourth-order valence-electron chi connectivity index (χ4n) is 1.65. The van der Waals surface area contributed by atoms with Gasteiger partial charge in [-0.05, 0) is 47.5 Å². The fourth-order valence-corrected chi connectivity index (χ4v) is 2.19. The molecule has 0 fully saturated rings. The lowest BCUT2D eigenvalue weighted by atomic mass is 10.2. The van der Waals surface area contributed by atoms with E-state index in [9.17, 15) is 10.1 Å². The summed E-state index contributed by atoms with van der Waals surface area (Å²) in [5, 5.41) is 11.1. The van der Waals surface area contributed by atoms with Gasteiger partial charge in [0.15, 0.2) is 0 Å². The molecule has 0 aliphatic rings. The molecule has 1 aromatic carbocycles. The average Bonchev–Trinajstić information content (AvgIpc) is 2.32. The molecule has 2 rings (SSSR count). The third kappa shape index (κ3) is 2.90. The summed E-state index contributed by atoms with van der Waals surface area (Å²) in [7, 11) is 0. The van der Waals surface area contributed by atoms with Gasteiger partial charge < -0.3 is 4.74 Å². The molecular formula is C13H11BrN2O3. The highest BCUT2D eigenvalue weighted by molar-refractivity contribution is 9.10. The zero-order valence-electron chi connectivity index (χ0n) is 10.4. The molecule has 0 saturated carbocycles. The van der Waals surface area contributed by atoms with Gasteiger partial charge in [0.25, 0.3) is 0 Å². The predicted octanol–water partition coefficient (Wildman–Crippen LogP) is 4.16. The topological polar surface area (TPSA) is 65.3 Å². The van der Waals surface area contributed by atoms with E-state index in [1.165, 1.54) is 0 Å². The van der Waals surface area contributed by atoms with Crippen molar-refractivity contribution in [1.29, 1.82) is 0 Å². The molecule has 0 amide bonds. The molecule has 0 spiro atoms. The van der Waals surface area contributed by atoms with Crippen molar-refractivity contribution in [2.75, 3.05) is 0 Å². The first-order valence-corrected chi connectivity index (χ1v) is 6.32. The maximum absolute atomic E-state index is 11.1. The van der Waals surface area contributed by atoms with Gasteiger partial charge in [-0.3, -0.25) is 10.1 Å². The second-order valence-corrected chi connectivity index (χ2v) is 4.93. The summed E-state index contributed by atoms with van der Waals surface area (Å²) in [6, 6.07) is 6.77. The van der Waals surface area contributed by atoms with Crippen molar-refractivity contribution in [2.45, 2.75) is 13.8 Å². The van der Waals surface area contributed by atoms with Gasteiger partial charge in [0.2, 0.25) is 11.6 Å². The molecule has 0 N–H and O–H groups in total. The predicted molar refractivity (Wildman–Crippen MR) is 74.6 cm³/mol. The van der Waals surface area contributed by atoms with Crippen molar-refractivity contribution >= 4 is 21.6 Å². The Morgan fingerprint density at radius 1 is 1.37 bits per heavy atom. The molecule has 1 aromatic heterocycles. The Labute approximate surface area is 118 Å². The molecule has 19 heavy (non-hydrogen) atoms. The molecule has 1 heterocycles. The van der Waals surface area contributed by atoms with Crippen LogP contribution in [-0.4, -0.2) is 9.91 Å². The van der Waals surface area contributed by atoms with Gasteiger partial charge in [-0.2, -0.15) is 0 Å². The van der Waals surface area contributed by atoms with Crippen LogP contribution < -0.4 is 4.74 Å². The summed E-state index contributed by atoms with van der Waals surface area (Å²) in [5.41, 5.74) is 1.47. The van der Waals surface area contributed by atoms with Gasteiger partial charge in [0.05, 0.1) is 9.40 Å².